The maximum atomic E-state index is 12.9. The van der Waals surface area contributed by atoms with Crippen LogP contribution in [0.15, 0.2) is 28.7 Å². The van der Waals surface area contributed by atoms with Crippen LogP contribution in [0.4, 0.5) is 0 Å². The Bertz CT molecular complexity index is 881. The molecule has 184 valence electrons. The predicted molar refractivity (Wildman–Crippen MR) is 138 cm³/mol. The monoisotopic (exact) mass is 521 g/mol. The van der Waals surface area contributed by atoms with Gasteiger partial charge in [0.15, 0.2) is 0 Å². The summed E-state index contributed by atoms with van der Waals surface area (Å²) in [5, 5.41) is 13.8. The van der Waals surface area contributed by atoms with E-state index < -0.39 is 18.1 Å². The fraction of sp³-hybridized carbons (Fsp3) is 0.615. The average Bonchev–Trinajstić information content (AvgIpc) is 3.21. The molecule has 2 rings (SSSR count). The minimum absolute atomic E-state index is 0.270. The summed E-state index contributed by atoms with van der Waals surface area (Å²) in [5.41, 5.74) is 1.19. The number of aliphatic hydroxyl groups is 1. The van der Waals surface area contributed by atoms with Crippen molar-refractivity contribution in [3.05, 3.63) is 34.4 Å². The van der Waals surface area contributed by atoms with Crippen LogP contribution in [0.25, 0.3) is 10.9 Å². The molecule has 0 saturated heterocycles. The normalized spacial score (nSPS) is 13.1. The SMILES string of the molecule is CCCCCCCCCCCCN(C)C(=O)[C@@H](NC(=O)c1cc2cc(Br)ccc2[nH]1)[C@@H](C)O. The number of carbonyl (C=O) groups is 2. The van der Waals surface area contributed by atoms with Crippen molar-refractivity contribution in [2.24, 2.45) is 0 Å². The Morgan fingerprint density at radius 2 is 1.64 bits per heavy atom. The van der Waals surface area contributed by atoms with Gasteiger partial charge in [0.2, 0.25) is 5.91 Å². The summed E-state index contributed by atoms with van der Waals surface area (Å²) in [6, 6.07) is 6.45. The molecule has 7 heteroatoms. The summed E-state index contributed by atoms with van der Waals surface area (Å²) >= 11 is 3.42. The van der Waals surface area contributed by atoms with Gasteiger partial charge >= 0.3 is 0 Å². The quantitative estimate of drug-likeness (QED) is 0.259. The van der Waals surface area contributed by atoms with E-state index in [2.05, 4.69) is 33.2 Å². The number of nitrogens with one attached hydrogen (secondary N) is 2. The molecule has 0 saturated carbocycles. The van der Waals surface area contributed by atoms with Crippen LogP contribution in [0.5, 0.6) is 0 Å². The van der Waals surface area contributed by atoms with Crippen molar-refractivity contribution < 1.29 is 14.7 Å². The van der Waals surface area contributed by atoms with Gasteiger partial charge in [0.05, 0.1) is 6.10 Å². The van der Waals surface area contributed by atoms with Gasteiger partial charge < -0.3 is 20.3 Å². The third kappa shape index (κ3) is 9.13. The van der Waals surface area contributed by atoms with E-state index in [1.54, 1.807) is 18.0 Å². The van der Waals surface area contributed by atoms with E-state index in [-0.39, 0.29) is 5.91 Å². The molecule has 0 radical (unpaired) electrons. The number of unbranched alkanes of at least 4 members (excludes halogenated alkanes) is 9. The maximum Gasteiger partial charge on any atom is 0.268 e. The molecule has 0 aliphatic heterocycles. The minimum atomic E-state index is -0.991. The Labute approximate surface area is 206 Å². The first-order valence-corrected chi connectivity index (χ1v) is 13.1. The Morgan fingerprint density at radius 3 is 2.24 bits per heavy atom. The first kappa shape index (κ1) is 27.4. The number of aliphatic hydroxyl groups excluding tert-OH is 1. The van der Waals surface area contributed by atoms with Gasteiger partial charge in [0.1, 0.15) is 11.7 Å². The van der Waals surface area contributed by atoms with E-state index in [9.17, 15) is 14.7 Å². The largest absolute Gasteiger partial charge is 0.391 e. The van der Waals surface area contributed by atoms with Crippen molar-refractivity contribution in [3.63, 3.8) is 0 Å². The van der Waals surface area contributed by atoms with Gasteiger partial charge in [-0.2, -0.15) is 0 Å². The van der Waals surface area contributed by atoms with Crippen molar-refractivity contribution in [3.8, 4) is 0 Å². The Balaban J connectivity index is 1.76. The number of H-pyrrole nitrogens is 1. The number of benzene rings is 1. The maximum absolute atomic E-state index is 12.9. The zero-order valence-electron chi connectivity index (χ0n) is 20.3. The van der Waals surface area contributed by atoms with E-state index >= 15 is 0 Å². The Hall–Kier alpha value is -1.86. The molecule has 1 aromatic heterocycles. The Kier molecular flexibility index (Phi) is 12.0. The van der Waals surface area contributed by atoms with Crippen molar-refractivity contribution in [2.75, 3.05) is 13.6 Å². The molecule has 0 unspecified atom stereocenters. The standard InChI is InChI=1S/C26H40BrN3O3/c1-4-5-6-7-8-9-10-11-12-13-16-30(3)26(33)24(19(2)31)29-25(32)23-18-20-17-21(27)14-15-22(20)28-23/h14-15,17-19,24,28,31H,4-13,16H2,1-3H3,(H,29,32)/t19-,24+/m1/s1. The lowest BCUT2D eigenvalue weighted by atomic mass is 10.1. The second-order valence-electron chi connectivity index (χ2n) is 9.05. The van der Waals surface area contributed by atoms with Gasteiger partial charge in [0.25, 0.3) is 5.91 Å². The third-order valence-electron chi connectivity index (χ3n) is 6.09. The summed E-state index contributed by atoms with van der Waals surface area (Å²) in [6.07, 6.45) is 11.4. The molecular weight excluding hydrogens is 482 g/mol. The van der Waals surface area contributed by atoms with E-state index in [0.29, 0.717) is 12.2 Å². The molecule has 0 aliphatic rings. The van der Waals surface area contributed by atoms with Crippen molar-refractivity contribution in [1.82, 2.24) is 15.2 Å². The molecule has 0 spiro atoms. The first-order valence-electron chi connectivity index (χ1n) is 12.4. The van der Waals surface area contributed by atoms with Gasteiger partial charge in [-0.1, -0.05) is 80.6 Å². The molecule has 1 heterocycles. The lowest BCUT2D eigenvalue weighted by Crippen LogP contribution is -2.53. The molecule has 0 fully saturated rings. The van der Waals surface area contributed by atoms with E-state index in [4.69, 9.17) is 0 Å². The molecule has 6 nitrogen and oxygen atoms in total. The highest BCUT2D eigenvalue weighted by Crippen LogP contribution is 2.20. The number of hydrogen-bond donors (Lipinski definition) is 3. The van der Waals surface area contributed by atoms with Crippen LogP contribution in [0.2, 0.25) is 0 Å². The van der Waals surface area contributed by atoms with Crippen LogP contribution in [-0.4, -0.2) is 52.5 Å². The van der Waals surface area contributed by atoms with Gasteiger partial charge in [0, 0.05) is 29.0 Å². The van der Waals surface area contributed by atoms with E-state index in [1.165, 1.54) is 58.3 Å². The number of nitrogens with zero attached hydrogens (tertiary/aromatic N) is 1. The average molecular weight is 523 g/mol. The number of carbonyl (C=O) groups excluding carboxylic acids is 2. The van der Waals surface area contributed by atoms with Crippen molar-refractivity contribution in [2.45, 2.75) is 90.2 Å². The number of aromatic nitrogens is 1. The zero-order valence-corrected chi connectivity index (χ0v) is 21.9. The number of amides is 2. The smallest absolute Gasteiger partial charge is 0.268 e. The predicted octanol–water partition coefficient (Wildman–Crippen LogP) is 5.79. The van der Waals surface area contributed by atoms with Crippen LogP contribution in [0.1, 0.15) is 88.5 Å². The molecule has 33 heavy (non-hydrogen) atoms. The molecular formula is C26H40BrN3O3. The number of hydrogen-bond acceptors (Lipinski definition) is 3. The number of likely N-dealkylation sites (N-methyl/N-ethyl adjacent to an activating group) is 1. The number of aromatic amines is 1. The number of fused-ring (bicyclic) bond motifs is 1. The summed E-state index contributed by atoms with van der Waals surface area (Å²) in [6.45, 7) is 4.39. The second kappa shape index (κ2) is 14.4. The molecule has 0 aliphatic carbocycles. The van der Waals surface area contributed by atoms with Crippen LogP contribution in [-0.2, 0) is 4.79 Å². The minimum Gasteiger partial charge on any atom is -0.391 e. The molecule has 3 N–H and O–H groups in total. The lowest BCUT2D eigenvalue weighted by molar-refractivity contribution is -0.134. The molecule has 1 aromatic carbocycles. The number of rotatable bonds is 15. The van der Waals surface area contributed by atoms with Crippen LogP contribution in [0, 0.1) is 0 Å². The van der Waals surface area contributed by atoms with Gasteiger partial charge in [-0.25, -0.2) is 0 Å². The van der Waals surface area contributed by atoms with Gasteiger partial charge in [-0.15, -0.1) is 0 Å². The van der Waals surface area contributed by atoms with Crippen molar-refractivity contribution in [1.29, 1.82) is 0 Å². The second-order valence-corrected chi connectivity index (χ2v) is 9.96. The molecule has 2 aromatic rings. The van der Waals surface area contributed by atoms with Crippen LogP contribution >= 0.6 is 15.9 Å². The highest BCUT2D eigenvalue weighted by Gasteiger charge is 2.29. The van der Waals surface area contributed by atoms with Crippen LogP contribution in [0.3, 0.4) is 0 Å². The topological polar surface area (TPSA) is 85.4 Å². The first-order chi connectivity index (χ1) is 15.8. The lowest BCUT2D eigenvalue weighted by Gasteiger charge is -2.26. The highest BCUT2D eigenvalue weighted by molar-refractivity contribution is 9.10. The van der Waals surface area contributed by atoms with Crippen LogP contribution < -0.4 is 5.32 Å². The summed E-state index contributed by atoms with van der Waals surface area (Å²) in [4.78, 5) is 30.3. The third-order valence-corrected chi connectivity index (χ3v) is 6.58. The summed E-state index contributed by atoms with van der Waals surface area (Å²) < 4.78 is 0.923. The Morgan fingerprint density at radius 1 is 1.03 bits per heavy atom. The fourth-order valence-corrected chi connectivity index (χ4v) is 4.40. The summed E-state index contributed by atoms with van der Waals surface area (Å²) in [5.74, 6) is -0.679. The van der Waals surface area contributed by atoms with E-state index in [0.717, 1.165) is 28.2 Å². The number of halogens is 1. The zero-order chi connectivity index (χ0) is 24.2. The van der Waals surface area contributed by atoms with Crippen molar-refractivity contribution >= 4 is 38.6 Å². The van der Waals surface area contributed by atoms with Gasteiger partial charge in [-0.3, -0.25) is 9.59 Å². The van der Waals surface area contributed by atoms with E-state index in [1.807, 2.05) is 18.2 Å². The fourth-order valence-electron chi connectivity index (χ4n) is 4.02. The highest BCUT2D eigenvalue weighted by atomic mass is 79.9. The molecule has 2 amide bonds. The molecule has 2 atom stereocenters. The molecule has 0 bridgehead atoms. The summed E-state index contributed by atoms with van der Waals surface area (Å²) in [7, 11) is 1.73. The van der Waals surface area contributed by atoms with Gasteiger partial charge in [-0.05, 0) is 37.6 Å².